The number of aliphatic hydroxyl groups is 1. The molecule has 1 aromatic rings. The minimum absolute atomic E-state index is 0.0933. The van der Waals surface area contributed by atoms with Gasteiger partial charge in [0.2, 0.25) is 5.91 Å². The van der Waals surface area contributed by atoms with Crippen LogP contribution >= 0.6 is 0 Å². The first-order valence-electron chi connectivity index (χ1n) is 5.57. The number of likely N-dealkylation sites (N-methyl/N-ethyl adjacent to an activating group) is 1. The zero-order valence-electron chi connectivity index (χ0n) is 10.2. The second-order valence-corrected chi connectivity index (χ2v) is 4.54. The largest absolute Gasteiger partial charge is 0.456 e. The Labute approximate surface area is 110 Å². The summed E-state index contributed by atoms with van der Waals surface area (Å²) in [6, 6.07) is 3.20. The highest BCUT2D eigenvalue weighted by Crippen LogP contribution is 2.45. The van der Waals surface area contributed by atoms with Crippen LogP contribution in [0.1, 0.15) is 17.2 Å². The standard InChI is InChI=1S/C12H10F5NO2/c1-18-8-3-2-6(4-7(8)5-9(18)19)10(20)11(13,14)12(15,16)17/h2-4,10,20H,5H2,1H3. The van der Waals surface area contributed by atoms with Gasteiger partial charge in [-0.3, -0.25) is 4.79 Å². The number of fused-ring (bicyclic) bond motifs is 1. The Hall–Kier alpha value is -1.70. The number of anilines is 1. The molecule has 0 bridgehead atoms. The van der Waals surface area contributed by atoms with Crippen LogP contribution in [0.25, 0.3) is 0 Å². The summed E-state index contributed by atoms with van der Waals surface area (Å²) in [5.74, 6) is -5.55. The number of alkyl halides is 5. The number of carbonyl (C=O) groups is 1. The van der Waals surface area contributed by atoms with Crippen LogP contribution in [0.5, 0.6) is 0 Å². The van der Waals surface area contributed by atoms with E-state index in [-0.39, 0.29) is 12.3 Å². The minimum Gasteiger partial charge on any atom is -0.382 e. The monoisotopic (exact) mass is 295 g/mol. The van der Waals surface area contributed by atoms with Gasteiger partial charge >= 0.3 is 12.1 Å². The fraction of sp³-hybridized carbons (Fsp3) is 0.417. The summed E-state index contributed by atoms with van der Waals surface area (Å²) < 4.78 is 62.7. The van der Waals surface area contributed by atoms with E-state index in [4.69, 9.17) is 0 Å². The van der Waals surface area contributed by atoms with Crippen molar-refractivity contribution in [3.05, 3.63) is 29.3 Å². The van der Waals surface area contributed by atoms with Crippen molar-refractivity contribution < 1.29 is 31.9 Å². The lowest BCUT2D eigenvalue weighted by atomic mass is 9.99. The summed E-state index contributed by atoms with van der Waals surface area (Å²) in [5, 5.41) is 9.28. The van der Waals surface area contributed by atoms with E-state index >= 15 is 0 Å². The van der Waals surface area contributed by atoms with E-state index in [1.165, 1.54) is 18.0 Å². The molecule has 0 fully saturated rings. The van der Waals surface area contributed by atoms with Crippen LogP contribution in [-0.2, 0) is 11.2 Å². The molecule has 1 unspecified atom stereocenters. The van der Waals surface area contributed by atoms with Gasteiger partial charge in [-0.05, 0) is 17.2 Å². The number of benzene rings is 1. The fourth-order valence-corrected chi connectivity index (χ4v) is 2.02. The number of hydrogen-bond donors (Lipinski definition) is 1. The number of amides is 1. The van der Waals surface area contributed by atoms with E-state index in [9.17, 15) is 31.9 Å². The molecule has 2 rings (SSSR count). The minimum atomic E-state index is -5.85. The van der Waals surface area contributed by atoms with E-state index < -0.39 is 23.8 Å². The van der Waals surface area contributed by atoms with Crippen LogP contribution in [0.3, 0.4) is 0 Å². The molecule has 0 aromatic heterocycles. The number of halogens is 5. The molecule has 1 amide bonds. The maximum absolute atomic E-state index is 13.1. The van der Waals surface area contributed by atoms with Crippen LogP contribution in [0, 0.1) is 0 Å². The highest BCUT2D eigenvalue weighted by atomic mass is 19.4. The second kappa shape index (κ2) is 4.41. The fourth-order valence-electron chi connectivity index (χ4n) is 2.02. The third-order valence-electron chi connectivity index (χ3n) is 3.22. The van der Waals surface area contributed by atoms with Gasteiger partial charge in [0.15, 0.2) is 6.10 Å². The average molecular weight is 295 g/mol. The average Bonchev–Trinajstić information content (AvgIpc) is 2.62. The van der Waals surface area contributed by atoms with Gasteiger partial charge in [0, 0.05) is 12.7 Å². The SMILES string of the molecule is CN1C(=O)Cc2cc(C(O)C(F)(F)C(F)(F)F)ccc21. The van der Waals surface area contributed by atoms with Gasteiger partial charge in [-0.15, -0.1) is 0 Å². The third kappa shape index (κ3) is 2.13. The molecule has 110 valence electrons. The number of nitrogens with zero attached hydrogens (tertiary/aromatic N) is 1. The molecule has 1 aromatic carbocycles. The molecule has 1 atom stereocenters. The molecule has 8 heteroatoms. The van der Waals surface area contributed by atoms with Gasteiger partial charge < -0.3 is 10.0 Å². The first kappa shape index (κ1) is 14.7. The third-order valence-corrected chi connectivity index (χ3v) is 3.22. The van der Waals surface area contributed by atoms with E-state index in [2.05, 4.69) is 0 Å². The van der Waals surface area contributed by atoms with Crippen LogP contribution < -0.4 is 4.90 Å². The lowest BCUT2D eigenvalue weighted by Crippen LogP contribution is -2.42. The molecule has 1 aliphatic rings. The van der Waals surface area contributed by atoms with Gasteiger partial charge in [0.1, 0.15) is 0 Å². The lowest BCUT2D eigenvalue weighted by molar-refractivity contribution is -0.315. The summed E-state index contributed by atoms with van der Waals surface area (Å²) in [5.41, 5.74) is 0.169. The van der Waals surface area contributed by atoms with Gasteiger partial charge in [0.25, 0.3) is 0 Å². The second-order valence-electron chi connectivity index (χ2n) is 4.54. The van der Waals surface area contributed by atoms with Crippen molar-refractivity contribution in [1.82, 2.24) is 0 Å². The molecule has 1 heterocycles. The van der Waals surface area contributed by atoms with Crippen molar-refractivity contribution in [2.75, 3.05) is 11.9 Å². The molecule has 0 saturated carbocycles. The summed E-state index contributed by atoms with van der Waals surface area (Å²) in [7, 11) is 1.47. The Morgan fingerprint density at radius 1 is 1.25 bits per heavy atom. The molecule has 0 radical (unpaired) electrons. The Morgan fingerprint density at radius 3 is 2.40 bits per heavy atom. The first-order valence-corrected chi connectivity index (χ1v) is 5.57. The Kier molecular flexibility index (Phi) is 3.24. The van der Waals surface area contributed by atoms with E-state index in [1.807, 2.05) is 0 Å². The van der Waals surface area contributed by atoms with Gasteiger partial charge in [-0.1, -0.05) is 12.1 Å². The maximum atomic E-state index is 13.1. The molecule has 0 spiro atoms. The highest BCUT2D eigenvalue weighted by Gasteiger charge is 2.62. The number of rotatable bonds is 2. The Balaban J connectivity index is 2.37. The Bertz CT molecular complexity index is 555. The Morgan fingerprint density at radius 2 is 1.85 bits per heavy atom. The van der Waals surface area contributed by atoms with E-state index in [0.717, 1.165) is 12.1 Å². The van der Waals surface area contributed by atoms with Crippen LogP contribution in [0.2, 0.25) is 0 Å². The summed E-state index contributed by atoms with van der Waals surface area (Å²) >= 11 is 0. The lowest BCUT2D eigenvalue weighted by Gasteiger charge is -2.25. The summed E-state index contributed by atoms with van der Waals surface area (Å²) in [6.45, 7) is 0. The predicted molar refractivity (Wildman–Crippen MR) is 59.5 cm³/mol. The maximum Gasteiger partial charge on any atom is 0.456 e. The van der Waals surface area contributed by atoms with Crippen LogP contribution in [-0.4, -0.2) is 30.2 Å². The molecule has 1 N–H and O–H groups in total. The number of hydrogen-bond acceptors (Lipinski definition) is 2. The molecule has 20 heavy (non-hydrogen) atoms. The van der Waals surface area contributed by atoms with Crippen LogP contribution in [0.15, 0.2) is 18.2 Å². The summed E-state index contributed by atoms with van der Waals surface area (Å²) in [6.07, 6.45) is -8.95. The molecular weight excluding hydrogens is 285 g/mol. The predicted octanol–water partition coefficient (Wildman–Crippen LogP) is 2.44. The summed E-state index contributed by atoms with van der Waals surface area (Å²) in [4.78, 5) is 12.7. The van der Waals surface area contributed by atoms with Crippen molar-refractivity contribution in [3.8, 4) is 0 Å². The smallest absolute Gasteiger partial charge is 0.382 e. The van der Waals surface area contributed by atoms with Crippen molar-refractivity contribution in [2.24, 2.45) is 0 Å². The van der Waals surface area contributed by atoms with Crippen molar-refractivity contribution in [1.29, 1.82) is 0 Å². The normalized spacial score (nSPS) is 17.4. The molecule has 3 nitrogen and oxygen atoms in total. The van der Waals surface area contributed by atoms with Gasteiger partial charge in [-0.25, -0.2) is 0 Å². The van der Waals surface area contributed by atoms with E-state index in [1.54, 1.807) is 0 Å². The van der Waals surface area contributed by atoms with Crippen molar-refractivity contribution in [2.45, 2.75) is 24.6 Å². The highest BCUT2D eigenvalue weighted by molar-refractivity contribution is 6.00. The van der Waals surface area contributed by atoms with Gasteiger partial charge in [0.05, 0.1) is 6.42 Å². The molecular formula is C12H10F5NO2. The van der Waals surface area contributed by atoms with E-state index in [0.29, 0.717) is 11.3 Å². The van der Waals surface area contributed by atoms with Gasteiger partial charge in [-0.2, -0.15) is 22.0 Å². The number of carbonyl (C=O) groups excluding carboxylic acids is 1. The van der Waals surface area contributed by atoms with Crippen LogP contribution in [0.4, 0.5) is 27.6 Å². The first-order chi connectivity index (χ1) is 9.05. The molecule has 0 saturated heterocycles. The van der Waals surface area contributed by atoms with Crippen molar-refractivity contribution >= 4 is 11.6 Å². The zero-order valence-corrected chi connectivity index (χ0v) is 10.2. The topological polar surface area (TPSA) is 40.5 Å². The zero-order chi connectivity index (χ0) is 15.3. The quantitative estimate of drug-likeness (QED) is 0.851. The number of aliphatic hydroxyl groups excluding tert-OH is 1. The van der Waals surface area contributed by atoms with Crippen molar-refractivity contribution in [3.63, 3.8) is 0 Å². The molecule has 1 aliphatic heterocycles. The molecule has 0 aliphatic carbocycles.